The van der Waals surface area contributed by atoms with Gasteiger partial charge in [-0.2, -0.15) is 5.10 Å². The van der Waals surface area contributed by atoms with Crippen LogP contribution < -0.4 is 5.32 Å². The molecule has 0 fully saturated rings. The Balaban J connectivity index is 1.92. The Labute approximate surface area is 120 Å². The van der Waals surface area contributed by atoms with Gasteiger partial charge in [-0.3, -0.25) is 9.48 Å². The molecular weight excluding hydrogens is 254 g/mol. The summed E-state index contributed by atoms with van der Waals surface area (Å²) in [5.74, 6) is 0.120. The third-order valence-electron chi connectivity index (χ3n) is 4.03. The fourth-order valence-corrected chi connectivity index (χ4v) is 2.71. The van der Waals surface area contributed by atoms with Gasteiger partial charge in [-0.15, -0.1) is 0 Å². The number of nitrogens with zero attached hydrogens (tertiary/aromatic N) is 2. The summed E-state index contributed by atoms with van der Waals surface area (Å²) in [7, 11) is 1.97. The first-order valence-corrected chi connectivity index (χ1v) is 7.56. The zero-order valence-electron chi connectivity index (χ0n) is 12.7. The maximum Gasteiger partial charge on any atom is 0.220 e. The normalized spacial score (nSPS) is 14.4. The highest BCUT2D eigenvalue weighted by Gasteiger charge is 2.20. The van der Waals surface area contributed by atoms with Gasteiger partial charge in [0.2, 0.25) is 5.91 Å². The number of amides is 1. The second-order valence-electron chi connectivity index (χ2n) is 5.38. The van der Waals surface area contributed by atoms with E-state index in [1.54, 1.807) is 0 Å². The summed E-state index contributed by atoms with van der Waals surface area (Å²) < 4.78 is 7.44. The lowest BCUT2D eigenvalue weighted by Crippen LogP contribution is -2.33. The first-order chi connectivity index (χ1) is 9.65. The molecule has 2 heterocycles. The van der Waals surface area contributed by atoms with Crippen molar-refractivity contribution in [2.45, 2.75) is 58.6 Å². The van der Waals surface area contributed by atoms with E-state index in [4.69, 9.17) is 4.74 Å². The zero-order chi connectivity index (χ0) is 14.5. The molecule has 5 nitrogen and oxygen atoms in total. The third-order valence-corrected chi connectivity index (χ3v) is 4.03. The van der Waals surface area contributed by atoms with Crippen molar-refractivity contribution >= 4 is 5.91 Å². The standard InChI is InChI=1S/C15H25N3O2/c1-4-11(5-2)16-15(19)7-6-13-12-10-20-9-8-14(12)18(3)17-13/h11H,4-10H2,1-3H3,(H,16,19). The number of nitrogens with one attached hydrogen (secondary N) is 1. The lowest BCUT2D eigenvalue weighted by molar-refractivity contribution is -0.121. The van der Waals surface area contributed by atoms with E-state index in [1.165, 1.54) is 11.3 Å². The molecule has 1 aliphatic heterocycles. The van der Waals surface area contributed by atoms with E-state index in [-0.39, 0.29) is 5.91 Å². The van der Waals surface area contributed by atoms with Gasteiger partial charge >= 0.3 is 0 Å². The minimum Gasteiger partial charge on any atom is -0.376 e. The van der Waals surface area contributed by atoms with Crippen LogP contribution in [0, 0.1) is 0 Å². The molecule has 0 bridgehead atoms. The number of ether oxygens (including phenoxy) is 1. The van der Waals surface area contributed by atoms with Crippen molar-refractivity contribution in [1.82, 2.24) is 15.1 Å². The van der Waals surface area contributed by atoms with E-state index < -0.39 is 0 Å². The Kier molecular flexibility index (Phi) is 5.17. The van der Waals surface area contributed by atoms with Gasteiger partial charge in [0.05, 0.1) is 18.9 Å². The Morgan fingerprint density at radius 3 is 2.90 bits per heavy atom. The van der Waals surface area contributed by atoms with Crippen LogP contribution >= 0.6 is 0 Å². The lowest BCUT2D eigenvalue weighted by atomic mass is 10.1. The van der Waals surface area contributed by atoms with E-state index in [2.05, 4.69) is 24.3 Å². The number of rotatable bonds is 6. The van der Waals surface area contributed by atoms with Crippen LogP contribution in [0.15, 0.2) is 0 Å². The van der Waals surface area contributed by atoms with E-state index in [0.29, 0.717) is 25.5 Å². The fourth-order valence-electron chi connectivity index (χ4n) is 2.71. The second-order valence-corrected chi connectivity index (χ2v) is 5.38. The minimum absolute atomic E-state index is 0.120. The number of carbonyl (C=O) groups excluding carboxylic acids is 1. The Bertz CT molecular complexity index is 464. The van der Waals surface area contributed by atoms with Crippen LogP contribution in [0.25, 0.3) is 0 Å². The van der Waals surface area contributed by atoms with Crippen LogP contribution in [0.2, 0.25) is 0 Å². The molecule has 0 aliphatic carbocycles. The van der Waals surface area contributed by atoms with Crippen molar-refractivity contribution in [3.8, 4) is 0 Å². The summed E-state index contributed by atoms with van der Waals surface area (Å²) >= 11 is 0. The summed E-state index contributed by atoms with van der Waals surface area (Å²) in [4.78, 5) is 11.9. The highest BCUT2D eigenvalue weighted by molar-refractivity contribution is 5.76. The molecular formula is C15H25N3O2. The molecule has 1 aliphatic rings. The molecule has 112 valence electrons. The quantitative estimate of drug-likeness (QED) is 0.863. The monoisotopic (exact) mass is 279 g/mol. The molecule has 0 radical (unpaired) electrons. The summed E-state index contributed by atoms with van der Waals surface area (Å²) in [6.45, 7) is 5.59. The molecule has 2 rings (SSSR count). The smallest absolute Gasteiger partial charge is 0.220 e. The number of fused-ring (bicyclic) bond motifs is 1. The number of carbonyl (C=O) groups is 1. The lowest BCUT2D eigenvalue weighted by Gasteiger charge is -2.15. The summed E-state index contributed by atoms with van der Waals surface area (Å²) in [5.41, 5.74) is 3.46. The first kappa shape index (κ1) is 15.0. The maximum absolute atomic E-state index is 11.9. The molecule has 0 aromatic carbocycles. The molecule has 0 saturated heterocycles. The van der Waals surface area contributed by atoms with Gasteiger partial charge in [-0.1, -0.05) is 13.8 Å². The Hall–Kier alpha value is -1.36. The number of aromatic nitrogens is 2. The van der Waals surface area contributed by atoms with E-state index in [0.717, 1.165) is 31.6 Å². The molecule has 1 aromatic rings. The van der Waals surface area contributed by atoms with Gasteiger partial charge in [0.25, 0.3) is 0 Å². The Morgan fingerprint density at radius 2 is 2.20 bits per heavy atom. The second kappa shape index (κ2) is 6.88. The third kappa shape index (κ3) is 3.39. The predicted octanol–water partition coefficient (Wildman–Crippen LogP) is 1.73. The van der Waals surface area contributed by atoms with Crippen LogP contribution in [0.5, 0.6) is 0 Å². The molecule has 1 amide bonds. The van der Waals surface area contributed by atoms with Crippen LogP contribution in [0.4, 0.5) is 0 Å². The van der Waals surface area contributed by atoms with Crippen molar-refractivity contribution in [2.24, 2.45) is 7.05 Å². The summed E-state index contributed by atoms with van der Waals surface area (Å²) in [5, 5.41) is 7.61. The van der Waals surface area contributed by atoms with Crippen LogP contribution in [0.1, 0.15) is 50.1 Å². The first-order valence-electron chi connectivity index (χ1n) is 7.56. The Morgan fingerprint density at radius 1 is 1.45 bits per heavy atom. The molecule has 0 atom stereocenters. The van der Waals surface area contributed by atoms with Crippen LogP contribution in [-0.4, -0.2) is 28.3 Å². The van der Waals surface area contributed by atoms with Gasteiger partial charge in [0, 0.05) is 43.6 Å². The largest absolute Gasteiger partial charge is 0.376 e. The van der Waals surface area contributed by atoms with Crippen LogP contribution in [0.3, 0.4) is 0 Å². The van der Waals surface area contributed by atoms with E-state index in [9.17, 15) is 4.79 Å². The van der Waals surface area contributed by atoms with Crippen molar-refractivity contribution < 1.29 is 9.53 Å². The molecule has 0 unspecified atom stereocenters. The molecule has 0 spiro atoms. The summed E-state index contributed by atoms with van der Waals surface area (Å²) in [6, 6.07) is 0.295. The molecule has 1 N–H and O–H groups in total. The van der Waals surface area contributed by atoms with Crippen LogP contribution in [-0.2, 0) is 36.0 Å². The molecule has 1 aromatic heterocycles. The van der Waals surface area contributed by atoms with Crippen molar-refractivity contribution in [1.29, 1.82) is 0 Å². The zero-order valence-corrected chi connectivity index (χ0v) is 12.7. The van der Waals surface area contributed by atoms with E-state index in [1.807, 2.05) is 11.7 Å². The number of aryl methyl sites for hydroxylation is 2. The average molecular weight is 279 g/mol. The molecule has 0 saturated carbocycles. The SMILES string of the molecule is CCC(CC)NC(=O)CCc1nn(C)c2c1COCC2. The fraction of sp³-hybridized carbons (Fsp3) is 0.733. The van der Waals surface area contributed by atoms with Gasteiger partial charge in [-0.25, -0.2) is 0 Å². The van der Waals surface area contributed by atoms with Crippen molar-refractivity contribution in [3.05, 3.63) is 17.0 Å². The van der Waals surface area contributed by atoms with Crippen molar-refractivity contribution in [2.75, 3.05) is 6.61 Å². The molecule has 20 heavy (non-hydrogen) atoms. The minimum atomic E-state index is 0.120. The maximum atomic E-state index is 11.9. The van der Waals surface area contributed by atoms with Gasteiger partial charge in [0.1, 0.15) is 0 Å². The highest BCUT2D eigenvalue weighted by atomic mass is 16.5. The predicted molar refractivity (Wildman–Crippen MR) is 77.4 cm³/mol. The highest BCUT2D eigenvalue weighted by Crippen LogP contribution is 2.21. The average Bonchev–Trinajstić information content (AvgIpc) is 2.80. The van der Waals surface area contributed by atoms with Gasteiger partial charge in [0.15, 0.2) is 0 Å². The van der Waals surface area contributed by atoms with Gasteiger partial charge in [-0.05, 0) is 12.8 Å². The number of hydrogen-bond acceptors (Lipinski definition) is 3. The molecule has 5 heteroatoms. The summed E-state index contributed by atoms with van der Waals surface area (Å²) in [6.07, 6.45) is 4.07. The number of hydrogen-bond donors (Lipinski definition) is 1. The van der Waals surface area contributed by atoms with E-state index >= 15 is 0 Å². The van der Waals surface area contributed by atoms with Gasteiger partial charge < -0.3 is 10.1 Å². The topological polar surface area (TPSA) is 56.2 Å². The van der Waals surface area contributed by atoms with Crippen molar-refractivity contribution in [3.63, 3.8) is 0 Å².